The van der Waals surface area contributed by atoms with Gasteiger partial charge < -0.3 is 0 Å². The van der Waals surface area contributed by atoms with E-state index in [4.69, 9.17) is 0 Å². The zero-order chi connectivity index (χ0) is 16.1. The Morgan fingerprint density at radius 1 is 1.10 bits per heavy atom. The third kappa shape index (κ3) is 6.78. The Bertz CT molecular complexity index is 692. The van der Waals surface area contributed by atoms with Gasteiger partial charge in [0.15, 0.2) is 9.84 Å². The van der Waals surface area contributed by atoms with E-state index in [1.807, 2.05) is 13.8 Å². The van der Waals surface area contributed by atoms with E-state index >= 15 is 0 Å². The Balaban J connectivity index is 2.76. The van der Waals surface area contributed by atoms with Crippen molar-refractivity contribution in [3.8, 4) is 0 Å². The Labute approximate surface area is 125 Å². The normalized spacial score (nSPS) is 13.1. The van der Waals surface area contributed by atoms with E-state index in [-0.39, 0.29) is 10.9 Å². The third-order valence-electron chi connectivity index (χ3n) is 2.25. The van der Waals surface area contributed by atoms with Gasteiger partial charge in [-0.3, -0.25) is 4.18 Å². The van der Waals surface area contributed by atoms with E-state index in [1.54, 1.807) is 0 Å². The van der Waals surface area contributed by atoms with Crippen molar-refractivity contribution in [3.05, 3.63) is 24.3 Å². The first kappa shape index (κ1) is 17.7. The summed E-state index contributed by atoms with van der Waals surface area (Å²) in [6.45, 7) is 3.35. The first-order chi connectivity index (χ1) is 9.60. The fourth-order valence-corrected chi connectivity index (χ4v) is 2.90. The largest absolute Gasteiger partial charge is 0.269 e. The second kappa shape index (κ2) is 7.10. The van der Waals surface area contributed by atoms with E-state index < -0.39 is 32.3 Å². The van der Waals surface area contributed by atoms with Gasteiger partial charge in [-0.1, -0.05) is 0 Å². The lowest BCUT2D eigenvalue weighted by atomic mass is 10.3. The molecule has 0 aliphatic rings. The summed E-state index contributed by atoms with van der Waals surface area (Å²) in [7, 11) is -7.24. The van der Waals surface area contributed by atoms with E-state index in [0.29, 0.717) is 5.69 Å². The number of rotatable bonds is 7. The number of hydrogen-bond donors (Lipinski definition) is 0. The van der Waals surface area contributed by atoms with Crippen LogP contribution in [0.5, 0.6) is 0 Å². The molecule has 1 aromatic carbocycles. The van der Waals surface area contributed by atoms with Gasteiger partial charge in [0.25, 0.3) is 10.1 Å². The molecule has 0 spiro atoms. The summed E-state index contributed by atoms with van der Waals surface area (Å²) >= 11 is 0. The molecule has 7 nitrogen and oxygen atoms in total. The van der Waals surface area contributed by atoms with Crippen molar-refractivity contribution in [1.29, 1.82) is 0 Å². The lowest BCUT2D eigenvalue weighted by molar-refractivity contribution is 0.343. The van der Waals surface area contributed by atoms with Crippen molar-refractivity contribution in [2.75, 3.05) is 18.6 Å². The molecule has 9 heteroatoms. The third-order valence-corrected chi connectivity index (χ3v) is 4.54. The van der Waals surface area contributed by atoms with Gasteiger partial charge in [-0.2, -0.15) is 18.6 Å². The first-order valence-electron chi connectivity index (χ1n) is 6.18. The second-order valence-corrected chi connectivity index (χ2v) is 8.40. The van der Waals surface area contributed by atoms with E-state index in [2.05, 4.69) is 14.4 Å². The molecule has 0 amide bonds. The molecule has 0 saturated carbocycles. The fourth-order valence-electron chi connectivity index (χ4n) is 1.32. The van der Waals surface area contributed by atoms with Crippen LogP contribution >= 0.6 is 0 Å². The van der Waals surface area contributed by atoms with Crippen LogP contribution in [0.3, 0.4) is 0 Å². The minimum absolute atomic E-state index is 0.0570. The minimum atomic E-state index is -3.64. The molecule has 0 aliphatic carbocycles. The van der Waals surface area contributed by atoms with Crippen molar-refractivity contribution in [3.63, 3.8) is 0 Å². The van der Waals surface area contributed by atoms with Crippen LogP contribution in [0.2, 0.25) is 0 Å². The Morgan fingerprint density at radius 3 is 2.14 bits per heavy atom. The summed E-state index contributed by atoms with van der Waals surface area (Å²) in [5.74, 6) is -0.410. The maximum absolute atomic E-state index is 12.0. The smallest absolute Gasteiger partial charge is 0.264 e. The van der Waals surface area contributed by atoms with Crippen molar-refractivity contribution < 1.29 is 21.0 Å². The van der Waals surface area contributed by atoms with Crippen LogP contribution in [0.25, 0.3) is 0 Å². The molecule has 118 valence electrons. The van der Waals surface area contributed by atoms with Crippen molar-refractivity contribution in [2.45, 2.75) is 24.8 Å². The molecule has 0 bridgehead atoms. The highest BCUT2D eigenvalue weighted by Gasteiger charge is 2.15. The van der Waals surface area contributed by atoms with Gasteiger partial charge in [0, 0.05) is 0 Å². The molecule has 0 heterocycles. The lowest BCUT2D eigenvalue weighted by Gasteiger charge is -2.04. The highest BCUT2D eigenvalue weighted by molar-refractivity contribution is 7.91. The number of sulfone groups is 1. The summed E-state index contributed by atoms with van der Waals surface area (Å²) in [6, 6.07) is 5.95. The summed E-state index contributed by atoms with van der Waals surface area (Å²) in [5, 5.41) is 7.90. The van der Waals surface area contributed by atoms with Gasteiger partial charge in [-0.25, -0.2) is 8.42 Å². The van der Waals surface area contributed by atoms with Crippen LogP contribution in [0.1, 0.15) is 13.8 Å². The Morgan fingerprint density at radius 2 is 1.67 bits per heavy atom. The van der Waals surface area contributed by atoms with Crippen LogP contribution < -0.4 is 0 Å². The molecule has 0 aliphatic heterocycles. The highest BCUT2D eigenvalue weighted by atomic mass is 32.2. The number of nitrogens with zero attached hydrogens (tertiary/aromatic N) is 2. The van der Waals surface area contributed by atoms with Gasteiger partial charge in [0.1, 0.15) is 0 Å². The van der Waals surface area contributed by atoms with Crippen molar-refractivity contribution in [1.82, 2.24) is 0 Å². The molecule has 0 N–H and O–H groups in total. The maximum atomic E-state index is 12.0. The molecule has 0 saturated heterocycles. The molecular weight excluding hydrogens is 316 g/mol. The lowest BCUT2D eigenvalue weighted by Crippen LogP contribution is -2.15. The topological polar surface area (TPSA) is 102 Å². The quantitative estimate of drug-likeness (QED) is 0.560. The monoisotopic (exact) mass is 334 g/mol. The Hall–Kier alpha value is -1.32. The van der Waals surface area contributed by atoms with E-state index in [9.17, 15) is 16.8 Å². The zero-order valence-corrected chi connectivity index (χ0v) is 13.7. The SMILES string of the molecule is CC(C)N=Nc1ccc(S(=O)(=O)CCOS(C)(=O)=O)cc1. The van der Waals surface area contributed by atoms with Gasteiger partial charge in [-0.05, 0) is 38.1 Å². The first-order valence-corrected chi connectivity index (χ1v) is 9.65. The van der Waals surface area contributed by atoms with Crippen LogP contribution in [-0.2, 0) is 24.1 Å². The molecule has 0 atom stereocenters. The predicted molar refractivity (Wildman–Crippen MR) is 78.9 cm³/mol. The molecular formula is C12H18N2O5S2. The molecule has 1 rings (SSSR count). The molecule has 0 aromatic heterocycles. The number of azo groups is 1. The fraction of sp³-hybridized carbons (Fsp3) is 0.500. The molecule has 0 radical (unpaired) electrons. The van der Waals surface area contributed by atoms with Crippen molar-refractivity contribution >= 4 is 25.6 Å². The van der Waals surface area contributed by atoms with E-state index in [1.165, 1.54) is 24.3 Å². The number of hydrogen-bond acceptors (Lipinski definition) is 7. The predicted octanol–water partition coefficient (Wildman–Crippen LogP) is 1.93. The van der Waals surface area contributed by atoms with Crippen LogP contribution in [0.4, 0.5) is 5.69 Å². The molecule has 1 aromatic rings. The molecule has 0 unspecified atom stereocenters. The summed E-state index contributed by atoms with van der Waals surface area (Å²) in [6.07, 6.45) is 0.869. The van der Waals surface area contributed by atoms with Crippen LogP contribution in [0, 0.1) is 0 Å². The zero-order valence-electron chi connectivity index (χ0n) is 12.1. The van der Waals surface area contributed by atoms with Crippen LogP contribution in [-0.4, -0.2) is 41.5 Å². The standard InChI is InChI=1S/C12H18N2O5S2/c1-10(2)13-14-11-4-6-12(7-5-11)21(17,18)9-8-19-20(3,15)16/h4-7,10H,8-9H2,1-3H3. The number of benzene rings is 1. The molecule has 0 fully saturated rings. The summed E-state index contributed by atoms with van der Waals surface area (Å²) in [4.78, 5) is 0.0862. The maximum Gasteiger partial charge on any atom is 0.264 e. The van der Waals surface area contributed by atoms with Crippen molar-refractivity contribution in [2.24, 2.45) is 10.2 Å². The van der Waals surface area contributed by atoms with Gasteiger partial charge in [0.05, 0.1) is 35.2 Å². The highest BCUT2D eigenvalue weighted by Crippen LogP contribution is 2.18. The summed E-state index contributed by atoms with van der Waals surface area (Å²) in [5.41, 5.74) is 0.551. The van der Waals surface area contributed by atoms with Crippen LogP contribution in [0.15, 0.2) is 39.4 Å². The molecule has 21 heavy (non-hydrogen) atoms. The Kier molecular flexibility index (Phi) is 5.99. The van der Waals surface area contributed by atoms with Gasteiger partial charge in [0.2, 0.25) is 0 Å². The average Bonchev–Trinajstić information content (AvgIpc) is 2.35. The minimum Gasteiger partial charge on any atom is -0.269 e. The van der Waals surface area contributed by atoms with E-state index in [0.717, 1.165) is 6.26 Å². The second-order valence-electron chi connectivity index (χ2n) is 4.65. The van der Waals surface area contributed by atoms with Gasteiger partial charge in [-0.15, -0.1) is 0 Å². The average molecular weight is 334 g/mol. The summed E-state index contributed by atoms with van der Waals surface area (Å²) < 4.78 is 49.9. The van der Waals surface area contributed by atoms with Gasteiger partial charge >= 0.3 is 0 Å².